The maximum atomic E-state index is 10.7. The summed E-state index contributed by atoms with van der Waals surface area (Å²) in [4.78, 5) is 10.4. The normalized spacial score (nSPS) is 11.9. The summed E-state index contributed by atoms with van der Waals surface area (Å²) in [6.07, 6.45) is 2.97. The van der Waals surface area contributed by atoms with Crippen molar-refractivity contribution in [2.45, 2.75) is 27.2 Å². The predicted molar refractivity (Wildman–Crippen MR) is 79.1 cm³/mol. The second kappa shape index (κ2) is 7.69. The first-order chi connectivity index (χ1) is 9.02. The lowest BCUT2D eigenvalue weighted by atomic mass is 10.1. The number of hydrogen-bond acceptors (Lipinski definition) is 3. The lowest BCUT2D eigenvalue weighted by molar-refractivity contribution is -0.384. The van der Waals surface area contributed by atoms with Crippen molar-refractivity contribution in [3.05, 3.63) is 45.5 Å². The van der Waals surface area contributed by atoms with E-state index in [-0.39, 0.29) is 10.6 Å². The van der Waals surface area contributed by atoms with Gasteiger partial charge in [0.25, 0.3) is 5.69 Å². The fourth-order valence-electron chi connectivity index (χ4n) is 1.76. The number of nitro groups is 1. The molecule has 0 radical (unpaired) electrons. The average Bonchev–Trinajstić information content (AvgIpc) is 2.37. The van der Waals surface area contributed by atoms with Crippen molar-refractivity contribution in [3.63, 3.8) is 0 Å². The minimum atomic E-state index is -0.361. The zero-order valence-electron chi connectivity index (χ0n) is 11.8. The van der Waals surface area contributed by atoms with Gasteiger partial charge in [-0.15, -0.1) is 0 Å². The predicted octanol–water partition coefficient (Wildman–Crippen LogP) is 3.63. The lowest BCUT2D eigenvalue weighted by Gasteiger charge is -2.09. The molecule has 0 spiro atoms. The van der Waals surface area contributed by atoms with E-state index in [1.54, 1.807) is 12.1 Å². The summed E-state index contributed by atoms with van der Waals surface area (Å²) in [7, 11) is 0. The monoisotopic (exact) mass is 262 g/mol. The summed E-state index contributed by atoms with van der Waals surface area (Å²) in [5.41, 5.74) is 2.28. The first-order valence-corrected chi connectivity index (χ1v) is 6.67. The molecule has 0 heterocycles. The molecule has 0 aliphatic carbocycles. The van der Waals surface area contributed by atoms with Crippen LogP contribution in [0.2, 0.25) is 0 Å². The van der Waals surface area contributed by atoms with Gasteiger partial charge in [-0.25, -0.2) is 0 Å². The summed E-state index contributed by atoms with van der Waals surface area (Å²) in [6, 6.07) is 6.74. The molecule has 0 aliphatic rings. The molecule has 0 aliphatic heterocycles. The molecule has 1 N–H and O–H groups in total. The molecule has 1 rings (SSSR count). The second-order valence-corrected chi connectivity index (χ2v) is 5.03. The van der Waals surface area contributed by atoms with Crippen LogP contribution in [0.25, 0.3) is 6.08 Å². The Labute approximate surface area is 114 Å². The Bertz CT molecular complexity index is 453. The zero-order chi connectivity index (χ0) is 14.3. The van der Waals surface area contributed by atoms with E-state index in [4.69, 9.17) is 0 Å². The number of nitrogens with one attached hydrogen (secondary N) is 1. The maximum Gasteiger partial charge on any atom is 0.270 e. The number of hydrogen-bond donors (Lipinski definition) is 1. The van der Waals surface area contributed by atoms with Crippen molar-refractivity contribution in [3.8, 4) is 0 Å². The first kappa shape index (κ1) is 15.4. The minimum Gasteiger partial charge on any atom is -0.313 e. The summed E-state index contributed by atoms with van der Waals surface area (Å²) in [5.74, 6) is 0.621. The van der Waals surface area contributed by atoms with Gasteiger partial charge in [0.15, 0.2) is 0 Å². The molecule has 0 aromatic heterocycles. The van der Waals surface area contributed by atoms with Crippen LogP contribution < -0.4 is 5.32 Å². The van der Waals surface area contributed by atoms with Crippen LogP contribution >= 0.6 is 0 Å². The smallest absolute Gasteiger partial charge is 0.270 e. The van der Waals surface area contributed by atoms with Gasteiger partial charge in [-0.1, -0.05) is 44.6 Å². The summed E-state index contributed by atoms with van der Waals surface area (Å²) in [6.45, 7) is 8.25. The van der Waals surface area contributed by atoms with Crippen molar-refractivity contribution in [1.29, 1.82) is 0 Å². The highest BCUT2D eigenvalue weighted by molar-refractivity contribution is 5.56. The fourth-order valence-corrected chi connectivity index (χ4v) is 1.76. The molecule has 4 nitrogen and oxygen atoms in total. The maximum absolute atomic E-state index is 10.7. The van der Waals surface area contributed by atoms with Crippen molar-refractivity contribution in [2.24, 2.45) is 5.92 Å². The van der Waals surface area contributed by atoms with Gasteiger partial charge in [0.05, 0.1) is 4.92 Å². The van der Waals surface area contributed by atoms with Gasteiger partial charge in [-0.3, -0.25) is 10.1 Å². The Balaban J connectivity index is 2.74. The van der Waals surface area contributed by atoms with E-state index in [1.807, 2.05) is 12.1 Å². The van der Waals surface area contributed by atoms with Gasteiger partial charge in [-0.05, 0) is 24.4 Å². The highest BCUT2D eigenvalue weighted by Gasteiger charge is 2.05. The van der Waals surface area contributed by atoms with Crippen LogP contribution in [0.5, 0.6) is 0 Å². The standard InChI is InChI=1S/C15H22N2O2/c1-4-13(11-16-10-12(2)3)8-14-6-5-7-15(9-14)17(18)19/h5-9,12,16H,4,10-11H2,1-3H3. The lowest BCUT2D eigenvalue weighted by Crippen LogP contribution is -2.21. The molecular weight excluding hydrogens is 240 g/mol. The Morgan fingerprint density at radius 1 is 1.47 bits per heavy atom. The van der Waals surface area contributed by atoms with Crippen molar-refractivity contribution >= 4 is 11.8 Å². The van der Waals surface area contributed by atoms with Crippen molar-refractivity contribution < 1.29 is 4.92 Å². The molecule has 19 heavy (non-hydrogen) atoms. The SMILES string of the molecule is CCC(=Cc1cccc([N+](=O)[O-])c1)CNCC(C)C. The molecule has 0 saturated heterocycles. The van der Waals surface area contributed by atoms with Crippen LogP contribution in [0, 0.1) is 16.0 Å². The highest BCUT2D eigenvalue weighted by atomic mass is 16.6. The number of nitrogens with zero attached hydrogens (tertiary/aromatic N) is 1. The summed E-state index contributed by atoms with van der Waals surface area (Å²) in [5, 5.41) is 14.1. The van der Waals surface area contributed by atoms with Crippen LogP contribution in [0.4, 0.5) is 5.69 Å². The Hall–Kier alpha value is -1.68. The van der Waals surface area contributed by atoms with Gasteiger partial charge < -0.3 is 5.32 Å². The van der Waals surface area contributed by atoms with Gasteiger partial charge in [0.2, 0.25) is 0 Å². The topological polar surface area (TPSA) is 55.2 Å². The summed E-state index contributed by atoms with van der Waals surface area (Å²) >= 11 is 0. The van der Waals surface area contributed by atoms with Gasteiger partial charge >= 0.3 is 0 Å². The van der Waals surface area contributed by atoms with Crippen LogP contribution in [-0.2, 0) is 0 Å². The van der Waals surface area contributed by atoms with Crippen LogP contribution in [0.3, 0.4) is 0 Å². The third-order valence-electron chi connectivity index (χ3n) is 2.81. The van der Waals surface area contributed by atoms with Crippen LogP contribution in [0.1, 0.15) is 32.8 Å². The molecule has 0 fully saturated rings. The zero-order valence-corrected chi connectivity index (χ0v) is 11.8. The van der Waals surface area contributed by atoms with Gasteiger partial charge in [-0.2, -0.15) is 0 Å². The first-order valence-electron chi connectivity index (χ1n) is 6.67. The third kappa shape index (κ3) is 5.66. The van der Waals surface area contributed by atoms with Crippen molar-refractivity contribution in [2.75, 3.05) is 13.1 Å². The Morgan fingerprint density at radius 3 is 2.79 bits per heavy atom. The Kier molecular flexibility index (Phi) is 6.22. The second-order valence-electron chi connectivity index (χ2n) is 5.03. The summed E-state index contributed by atoms with van der Waals surface area (Å²) < 4.78 is 0. The fraction of sp³-hybridized carbons (Fsp3) is 0.467. The molecule has 0 bridgehead atoms. The van der Waals surface area contributed by atoms with Crippen LogP contribution in [-0.4, -0.2) is 18.0 Å². The molecule has 4 heteroatoms. The highest BCUT2D eigenvalue weighted by Crippen LogP contribution is 2.16. The third-order valence-corrected chi connectivity index (χ3v) is 2.81. The number of rotatable bonds is 7. The van der Waals surface area contributed by atoms with Gasteiger partial charge in [0.1, 0.15) is 0 Å². The van der Waals surface area contributed by atoms with E-state index in [1.165, 1.54) is 11.6 Å². The minimum absolute atomic E-state index is 0.138. The van der Waals surface area contributed by atoms with Gasteiger partial charge in [0, 0.05) is 18.7 Å². The quantitative estimate of drug-likeness (QED) is 0.603. The number of nitro benzene ring substituents is 1. The Morgan fingerprint density at radius 2 is 2.21 bits per heavy atom. The average molecular weight is 262 g/mol. The van der Waals surface area contributed by atoms with Crippen LogP contribution in [0.15, 0.2) is 29.8 Å². The molecule has 0 saturated carbocycles. The van der Waals surface area contributed by atoms with E-state index < -0.39 is 0 Å². The number of non-ortho nitro benzene ring substituents is 1. The molecule has 0 amide bonds. The molecular formula is C15H22N2O2. The molecule has 104 valence electrons. The van der Waals surface area contributed by atoms with E-state index in [2.05, 4.69) is 26.1 Å². The van der Waals surface area contributed by atoms with E-state index >= 15 is 0 Å². The molecule has 0 unspecified atom stereocenters. The van der Waals surface area contributed by atoms with E-state index in [9.17, 15) is 10.1 Å². The van der Waals surface area contributed by atoms with Crippen molar-refractivity contribution in [1.82, 2.24) is 5.32 Å². The molecule has 0 atom stereocenters. The van der Waals surface area contributed by atoms with E-state index in [0.29, 0.717) is 5.92 Å². The molecule has 1 aromatic rings. The molecule has 1 aromatic carbocycles. The van der Waals surface area contributed by atoms with E-state index in [0.717, 1.165) is 25.1 Å². The largest absolute Gasteiger partial charge is 0.313 e. The number of benzene rings is 1.